The van der Waals surface area contributed by atoms with Crippen LogP contribution in [0.2, 0.25) is 0 Å². The average Bonchev–Trinajstić information content (AvgIpc) is 2.91. The van der Waals surface area contributed by atoms with E-state index in [0.717, 1.165) is 19.5 Å². The Balaban J connectivity index is 1.60. The molecule has 0 bridgehead atoms. The van der Waals surface area contributed by atoms with Crippen molar-refractivity contribution < 1.29 is 0 Å². The number of hydrogen-bond acceptors (Lipinski definition) is 2. The van der Waals surface area contributed by atoms with Crippen molar-refractivity contribution in [1.29, 1.82) is 0 Å². The zero-order valence-electron chi connectivity index (χ0n) is 11.6. The lowest BCUT2D eigenvalue weighted by Crippen LogP contribution is -2.42. The Bertz CT molecular complexity index is 610. The van der Waals surface area contributed by atoms with Gasteiger partial charge in [0.05, 0.1) is 0 Å². The van der Waals surface area contributed by atoms with Gasteiger partial charge < -0.3 is 5.73 Å². The van der Waals surface area contributed by atoms with Crippen LogP contribution in [-0.2, 0) is 19.5 Å². The van der Waals surface area contributed by atoms with Crippen LogP contribution in [0.5, 0.6) is 0 Å². The number of hydrogen-bond donors (Lipinski definition) is 1. The second kappa shape index (κ2) is 4.72. The zero-order chi connectivity index (χ0) is 13.5. The topological polar surface area (TPSA) is 29.3 Å². The van der Waals surface area contributed by atoms with Crippen LogP contribution in [0.25, 0.3) is 0 Å². The van der Waals surface area contributed by atoms with E-state index in [1.807, 2.05) is 0 Å². The minimum Gasteiger partial charge on any atom is -0.323 e. The lowest BCUT2D eigenvalue weighted by molar-refractivity contribution is 0.155. The van der Waals surface area contributed by atoms with Gasteiger partial charge in [0.1, 0.15) is 0 Å². The number of fused-ring (bicyclic) bond motifs is 2. The SMILES string of the molecule is NC1c2ccccc2CCC1N1Cc2ccccc2C1. The molecule has 1 aliphatic carbocycles. The highest BCUT2D eigenvalue weighted by atomic mass is 15.2. The lowest BCUT2D eigenvalue weighted by atomic mass is 9.84. The summed E-state index contributed by atoms with van der Waals surface area (Å²) in [7, 11) is 0. The molecule has 0 spiro atoms. The first kappa shape index (κ1) is 12.1. The molecule has 0 radical (unpaired) electrons. The van der Waals surface area contributed by atoms with Crippen molar-refractivity contribution in [3.63, 3.8) is 0 Å². The minimum absolute atomic E-state index is 0.147. The predicted octanol–water partition coefficient (Wildman–Crippen LogP) is 3.02. The first-order valence-corrected chi connectivity index (χ1v) is 7.47. The summed E-state index contributed by atoms with van der Waals surface area (Å²) in [5.74, 6) is 0. The summed E-state index contributed by atoms with van der Waals surface area (Å²) in [5, 5.41) is 0. The van der Waals surface area contributed by atoms with Crippen LogP contribution < -0.4 is 5.73 Å². The first-order chi connectivity index (χ1) is 9.83. The van der Waals surface area contributed by atoms with Crippen LogP contribution in [0.3, 0.4) is 0 Å². The molecular weight excluding hydrogens is 244 g/mol. The number of rotatable bonds is 1. The van der Waals surface area contributed by atoms with Crippen molar-refractivity contribution in [2.45, 2.75) is 38.0 Å². The molecule has 2 heteroatoms. The molecule has 0 amide bonds. The third-order valence-corrected chi connectivity index (χ3v) is 4.87. The van der Waals surface area contributed by atoms with Crippen LogP contribution in [0.1, 0.15) is 34.7 Å². The Morgan fingerprint density at radius 2 is 1.45 bits per heavy atom. The molecule has 2 N–H and O–H groups in total. The van der Waals surface area contributed by atoms with E-state index < -0.39 is 0 Å². The predicted molar refractivity (Wildman–Crippen MR) is 81.2 cm³/mol. The molecule has 4 rings (SSSR count). The minimum atomic E-state index is 0.147. The molecule has 0 saturated heterocycles. The summed E-state index contributed by atoms with van der Waals surface area (Å²) < 4.78 is 0. The normalized spacial score (nSPS) is 25.2. The maximum Gasteiger partial charge on any atom is 0.0456 e. The van der Waals surface area contributed by atoms with Gasteiger partial charge in [-0.1, -0.05) is 48.5 Å². The molecule has 2 aliphatic rings. The van der Waals surface area contributed by atoms with Crippen LogP contribution in [0, 0.1) is 0 Å². The molecule has 0 aromatic heterocycles. The van der Waals surface area contributed by atoms with Crippen molar-refractivity contribution in [3.05, 3.63) is 70.8 Å². The maximum absolute atomic E-state index is 6.56. The molecule has 2 nitrogen and oxygen atoms in total. The molecule has 20 heavy (non-hydrogen) atoms. The zero-order valence-corrected chi connectivity index (χ0v) is 11.6. The molecule has 2 aromatic rings. The Morgan fingerprint density at radius 3 is 2.15 bits per heavy atom. The lowest BCUT2D eigenvalue weighted by Gasteiger charge is -2.37. The number of benzene rings is 2. The third-order valence-electron chi connectivity index (χ3n) is 4.87. The van der Waals surface area contributed by atoms with E-state index in [-0.39, 0.29) is 6.04 Å². The summed E-state index contributed by atoms with van der Waals surface area (Å²) in [6.45, 7) is 2.10. The van der Waals surface area contributed by atoms with Gasteiger partial charge in [0.25, 0.3) is 0 Å². The van der Waals surface area contributed by atoms with Gasteiger partial charge in [-0.3, -0.25) is 4.90 Å². The smallest absolute Gasteiger partial charge is 0.0456 e. The van der Waals surface area contributed by atoms with Crippen LogP contribution >= 0.6 is 0 Å². The van der Waals surface area contributed by atoms with E-state index in [9.17, 15) is 0 Å². The molecule has 2 atom stereocenters. The second-order valence-electron chi connectivity index (χ2n) is 6.00. The fourth-order valence-corrected chi connectivity index (χ4v) is 3.78. The van der Waals surface area contributed by atoms with Gasteiger partial charge >= 0.3 is 0 Å². The highest BCUT2D eigenvalue weighted by Gasteiger charge is 2.33. The molecule has 0 saturated carbocycles. The number of aryl methyl sites for hydroxylation is 1. The third kappa shape index (κ3) is 1.88. The highest BCUT2D eigenvalue weighted by molar-refractivity contribution is 5.35. The molecule has 1 heterocycles. The summed E-state index contributed by atoms with van der Waals surface area (Å²) in [4.78, 5) is 2.56. The van der Waals surface area contributed by atoms with E-state index >= 15 is 0 Å². The summed E-state index contributed by atoms with van der Waals surface area (Å²) in [6.07, 6.45) is 2.33. The van der Waals surface area contributed by atoms with E-state index in [1.165, 1.54) is 28.7 Å². The molecule has 2 unspecified atom stereocenters. The Kier molecular flexibility index (Phi) is 2.86. The summed E-state index contributed by atoms with van der Waals surface area (Å²) >= 11 is 0. The highest BCUT2D eigenvalue weighted by Crippen LogP contribution is 2.35. The van der Waals surface area contributed by atoms with Gasteiger partial charge in [-0.05, 0) is 35.1 Å². The van der Waals surface area contributed by atoms with Gasteiger partial charge in [0.2, 0.25) is 0 Å². The largest absolute Gasteiger partial charge is 0.323 e. The fraction of sp³-hybridized carbons (Fsp3) is 0.333. The van der Waals surface area contributed by atoms with E-state index in [0.29, 0.717) is 6.04 Å². The van der Waals surface area contributed by atoms with Crippen molar-refractivity contribution in [1.82, 2.24) is 4.90 Å². The molecule has 2 aromatic carbocycles. The molecule has 102 valence electrons. The van der Waals surface area contributed by atoms with Gasteiger partial charge in [-0.25, -0.2) is 0 Å². The van der Waals surface area contributed by atoms with Gasteiger partial charge in [-0.15, -0.1) is 0 Å². The van der Waals surface area contributed by atoms with E-state index in [2.05, 4.69) is 53.4 Å². The fourth-order valence-electron chi connectivity index (χ4n) is 3.78. The van der Waals surface area contributed by atoms with Crippen LogP contribution in [-0.4, -0.2) is 10.9 Å². The molecule has 0 fully saturated rings. The van der Waals surface area contributed by atoms with E-state index in [1.54, 1.807) is 0 Å². The summed E-state index contributed by atoms with van der Waals surface area (Å²) in [5.41, 5.74) is 12.3. The van der Waals surface area contributed by atoms with Gasteiger partial charge in [-0.2, -0.15) is 0 Å². The van der Waals surface area contributed by atoms with Crippen LogP contribution in [0.4, 0.5) is 0 Å². The van der Waals surface area contributed by atoms with Gasteiger partial charge in [0, 0.05) is 25.2 Å². The maximum atomic E-state index is 6.56. The Labute approximate surface area is 120 Å². The first-order valence-electron chi connectivity index (χ1n) is 7.47. The number of nitrogens with zero attached hydrogens (tertiary/aromatic N) is 1. The number of nitrogens with two attached hydrogens (primary N) is 1. The van der Waals surface area contributed by atoms with Crippen molar-refractivity contribution in [2.24, 2.45) is 5.73 Å². The van der Waals surface area contributed by atoms with Gasteiger partial charge in [0.15, 0.2) is 0 Å². The Hall–Kier alpha value is -1.64. The Morgan fingerprint density at radius 1 is 0.850 bits per heavy atom. The standard InChI is InChI=1S/C18H20N2/c19-18-16-8-4-3-5-13(16)9-10-17(18)20-11-14-6-1-2-7-15(14)12-20/h1-8,17-18H,9-12,19H2. The van der Waals surface area contributed by atoms with Crippen molar-refractivity contribution in [3.8, 4) is 0 Å². The quantitative estimate of drug-likeness (QED) is 0.858. The van der Waals surface area contributed by atoms with E-state index in [4.69, 9.17) is 5.73 Å². The summed E-state index contributed by atoms with van der Waals surface area (Å²) in [6, 6.07) is 18.1. The molecular formula is C18H20N2. The van der Waals surface area contributed by atoms with Crippen molar-refractivity contribution in [2.75, 3.05) is 0 Å². The monoisotopic (exact) mass is 264 g/mol. The second-order valence-corrected chi connectivity index (χ2v) is 6.00. The molecule has 1 aliphatic heterocycles. The van der Waals surface area contributed by atoms with Crippen LogP contribution in [0.15, 0.2) is 48.5 Å². The average molecular weight is 264 g/mol. The van der Waals surface area contributed by atoms with Crippen molar-refractivity contribution >= 4 is 0 Å².